The summed E-state index contributed by atoms with van der Waals surface area (Å²) in [6, 6.07) is 13.4. The Morgan fingerprint density at radius 1 is 1.24 bits per heavy atom. The van der Waals surface area contributed by atoms with E-state index < -0.39 is 0 Å². The highest BCUT2D eigenvalue weighted by atomic mass is 35.5. The number of halogens is 1. The molecular weight excluding hydrogens is 232 g/mol. The van der Waals surface area contributed by atoms with Crippen molar-refractivity contribution in [3.8, 4) is 6.07 Å². The number of rotatable bonds is 2. The first-order valence-electron chi connectivity index (χ1n) is 5.29. The first-order chi connectivity index (χ1) is 8.22. The van der Waals surface area contributed by atoms with E-state index in [0.29, 0.717) is 5.02 Å². The second-order valence-corrected chi connectivity index (χ2v) is 4.26. The van der Waals surface area contributed by atoms with Gasteiger partial charge in [0.25, 0.3) is 0 Å². The zero-order chi connectivity index (χ0) is 12.3. The van der Waals surface area contributed by atoms with E-state index in [2.05, 4.69) is 11.1 Å². The highest BCUT2D eigenvalue weighted by Crippen LogP contribution is 2.25. The number of benzene rings is 1. The number of hydrogen-bond donors (Lipinski definition) is 0. The van der Waals surface area contributed by atoms with Crippen molar-refractivity contribution in [2.24, 2.45) is 0 Å². The second kappa shape index (κ2) is 4.99. The van der Waals surface area contributed by atoms with Gasteiger partial charge in [0.1, 0.15) is 5.92 Å². The smallest absolute Gasteiger partial charge is 0.114 e. The lowest BCUT2D eigenvalue weighted by Gasteiger charge is -2.11. The highest BCUT2D eigenvalue weighted by molar-refractivity contribution is 6.30. The number of pyridine rings is 1. The molecule has 0 spiro atoms. The molecule has 1 atom stereocenters. The molecule has 2 nitrogen and oxygen atoms in total. The molecule has 2 aromatic rings. The van der Waals surface area contributed by atoms with Gasteiger partial charge in [0.15, 0.2) is 0 Å². The molecule has 84 valence electrons. The quantitative estimate of drug-likeness (QED) is 0.805. The minimum absolute atomic E-state index is 0.339. The fraction of sp³-hybridized carbons (Fsp3) is 0.143. The summed E-state index contributed by atoms with van der Waals surface area (Å²) in [6.07, 6.45) is 1.71. The van der Waals surface area contributed by atoms with Gasteiger partial charge < -0.3 is 0 Å². The first kappa shape index (κ1) is 11.6. The first-order valence-corrected chi connectivity index (χ1v) is 5.67. The van der Waals surface area contributed by atoms with Crippen molar-refractivity contribution in [2.45, 2.75) is 12.8 Å². The summed E-state index contributed by atoms with van der Waals surface area (Å²) < 4.78 is 0. The lowest BCUT2D eigenvalue weighted by Crippen LogP contribution is -2.03. The standard InChI is InChI=1S/C14H11ClN2/c1-10-3-2-8-17-14(10)13(9-16)11-4-6-12(15)7-5-11/h2-8,13H,1H3. The molecule has 3 heteroatoms. The lowest BCUT2D eigenvalue weighted by molar-refractivity contribution is 0.946. The van der Waals surface area contributed by atoms with Crippen LogP contribution < -0.4 is 0 Å². The lowest BCUT2D eigenvalue weighted by atomic mass is 9.94. The number of nitriles is 1. The molecule has 1 unspecified atom stereocenters. The Hall–Kier alpha value is -1.85. The van der Waals surface area contributed by atoms with Crippen LogP contribution >= 0.6 is 11.6 Å². The Balaban J connectivity index is 2.45. The Kier molecular flexibility index (Phi) is 3.41. The topological polar surface area (TPSA) is 36.7 Å². The minimum Gasteiger partial charge on any atom is -0.259 e. The average Bonchev–Trinajstić information content (AvgIpc) is 2.35. The summed E-state index contributed by atoms with van der Waals surface area (Å²) in [7, 11) is 0. The van der Waals surface area contributed by atoms with Crippen molar-refractivity contribution in [1.29, 1.82) is 5.26 Å². The molecule has 0 aliphatic carbocycles. The van der Waals surface area contributed by atoms with Crippen LogP contribution in [0.5, 0.6) is 0 Å². The van der Waals surface area contributed by atoms with Crippen LogP contribution in [0.3, 0.4) is 0 Å². The normalized spacial score (nSPS) is 11.8. The molecule has 0 bridgehead atoms. The van der Waals surface area contributed by atoms with Gasteiger partial charge >= 0.3 is 0 Å². The van der Waals surface area contributed by atoms with Crippen molar-refractivity contribution in [3.05, 3.63) is 64.4 Å². The van der Waals surface area contributed by atoms with E-state index in [0.717, 1.165) is 16.8 Å². The number of aryl methyl sites for hydroxylation is 1. The second-order valence-electron chi connectivity index (χ2n) is 3.82. The van der Waals surface area contributed by atoms with E-state index in [9.17, 15) is 5.26 Å². The Morgan fingerprint density at radius 2 is 1.94 bits per heavy atom. The maximum Gasteiger partial charge on any atom is 0.114 e. The predicted octanol–water partition coefficient (Wildman–Crippen LogP) is 3.70. The summed E-state index contributed by atoms with van der Waals surface area (Å²) in [6.45, 7) is 1.96. The van der Waals surface area contributed by atoms with Crippen LogP contribution in [-0.4, -0.2) is 4.98 Å². The Bertz CT molecular complexity index is 555. The van der Waals surface area contributed by atoms with Crippen LogP contribution in [0, 0.1) is 18.3 Å². The van der Waals surface area contributed by atoms with E-state index in [-0.39, 0.29) is 5.92 Å². The maximum absolute atomic E-state index is 9.30. The molecule has 0 radical (unpaired) electrons. The van der Waals surface area contributed by atoms with Crippen LogP contribution in [0.2, 0.25) is 5.02 Å². The van der Waals surface area contributed by atoms with Crippen molar-refractivity contribution in [3.63, 3.8) is 0 Å². The third kappa shape index (κ3) is 2.46. The molecule has 0 aliphatic heterocycles. The van der Waals surface area contributed by atoms with E-state index in [1.54, 1.807) is 18.3 Å². The molecule has 1 heterocycles. The van der Waals surface area contributed by atoms with Crippen molar-refractivity contribution in [2.75, 3.05) is 0 Å². The van der Waals surface area contributed by atoms with Gasteiger partial charge in [-0.3, -0.25) is 4.98 Å². The van der Waals surface area contributed by atoms with Crippen molar-refractivity contribution in [1.82, 2.24) is 4.98 Å². The maximum atomic E-state index is 9.30. The summed E-state index contributed by atoms with van der Waals surface area (Å²) in [4.78, 5) is 4.29. The monoisotopic (exact) mass is 242 g/mol. The van der Waals surface area contributed by atoms with Gasteiger partial charge in [-0.15, -0.1) is 0 Å². The number of nitrogens with zero attached hydrogens (tertiary/aromatic N) is 2. The van der Waals surface area contributed by atoms with Gasteiger partial charge in [0.2, 0.25) is 0 Å². The molecule has 0 aliphatic rings. The van der Waals surface area contributed by atoms with Gasteiger partial charge in [-0.1, -0.05) is 29.8 Å². The van der Waals surface area contributed by atoms with Gasteiger partial charge in [0.05, 0.1) is 11.8 Å². The molecule has 0 N–H and O–H groups in total. The molecule has 0 saturated carbocycles. The van der Waals surface area contributed by atoms with Gasteiger partial charge in [-0.05, 0) is 36.2 Å². The summed E-state index contributed by atoms with van der Waals surface area (Å²) in [5.74, 6) is -0.339. The Labute approximate surface area is 105 Å². The summed E-state index contributed by atoms with van der Waals surface area (Å²) >= 11 is 5.84. The van der Waals surface area contributed by atoms with Crippen LogP contribution in [0.4, 0.5) is 0 Å². The summed E-state index contributed by atoms with van der Waals surface area (Å²) in [5.41, 5.74) is 2.74. The average molecular weight is 243 g/mol. The summed E-state index contributed by atoms with van der Waals surface area (Å²) in [5, 5.41) is 9.97. The SMILES string of the molecule is Cc1cccnc1C(C#N)c1ccc(Cl)cc1. The Morgan fingerprint density at radius 3 is 2.53 bits per heavy atom. The molecular formula is C14H11ClN2. The zero-order valence-corrected chi connectivity index (χ0v) is 10.1. The van der Waals surface area contributed by atoms with Gasteiger partial charge in [-0.2, -0.15) is 5.26 Å². The number of hydrogen-bond acceptors (Lipinski definition) is 2. The highest BCUT2D eigenvalue weighted by Gasteiger charge is 2.16. The van der Waals surface area contributed by atoms with E-state index >= 15 is 0 Å². The van der Waals surface area contributed by atoms with Crippen LogP contribution in [0.15, 0.2) is 42.6 Å². The van der Waals surface area contributed by atoms with Crippen molar-refractivity contribution < 1.29 is 0 Å². The minimum atomic E-state index is -0.339. The molecule has 1 aromatic heterocycles. The van der Waals surface area contributed by atoms with Crippen LogP contribution in [0.1, 0.15) is 22.7 Å². The van der Waals surface area contributed by atoms with Crippen molar-refractivity contribution >= 4 is 11.6 Å². The van der Waals surface area contributed by atoms with Crippen LogP contribution in [0.25, 0.3) is 0 Å². The predicted molar refractivity (Wildman–Crippen MR) is 67.9 cm³/mol. The molecule has 0 amide bonds. The third-order valence-electron chi connectivity index (χ3n) is 2.66. The molecule has 2 rings (SSSR count). The fourth-order valence-electron chi connectivity index (χ4n) is 1.75. The third-order valence-corrected chi connectivity index (χ3v) is 2.91. The van der Waals surface area contributed by atoms with Gasteiger partial charge in [0, 0.05) is 11.2 Å². The largest absolute Gasteiger partial charge is 0.259 e. The number of aromatic nitrogens is 1. The molecule has 1 aromatic carbocycles. The van der Waals surface area contributed by atoms with Crippen LogP contribution in [-0.2, 0) is 0 Å². The van der Waals surface area contributed by atoms with E-state index in [1.165, 1.54) is 0 Å². The van der Waals surface area contributed by atoms with Gasteiger partial charge in [-0.25, -0.2) is 0 Å². The zero-order valence-electron chi connectivity index (χ0n) is 9.39. The fourth-order valence-corrected chi connectivity index (χ4v) is 1.87. The molecule has 17 heavy (non-hydrogen) atoms. The van der Waals surface area contributed by atoms with E-state index in [4.69, 9.17) is 11.6 Å². The molecule has 0 fully saturated rings. The van der Waals surface area contributed by atoms with E-state index in [1.807, 2.05) is 31.2 Å². The molecule has 0 saturated heterocycles.